The van der Waals surface area contributed by atoms with Gasteiger partial charge >= 0.3 is 6.03 Å². The summed E-state index contributed by atoms with van der Waals surface area (Å²) in [4.78, 5) is 18.0. The van der Waals surface area contributed by atoms with Gasteiger partial charge in [-0.2, -0.15) is 4.98 Å². The van der Waals surface area contributed by atoms with E-state index < -0.39 is 0 Å². The lowest BCUT2D eigenvalue weighted by Gasteiger charge is -2.33. The number of H-pyrrole nitrogens is 1. The van der Waals surface area contributed by atoms with Crippen molar-refractivity contribution >= 4 is 12.0 Å². The second-order valence-corrected chi connectivity index (χ2v) is 4.88. The molecule has 1 aliphatic carbocycles. The Morgan fingerprint density at radius 1 is 1.47 bits per heavy atom. The zero-order valence-corrected chi connectivity index (χ0v) is 11.4. The van der Waals surface area contributed by atoms with Crippen molar-refractivity contribution in [2.75, 3.05) is 12.3 Å². The number of aromatic amines is 1. The van der Waals surface area contributed by atoms with E-state index in [4.69, 9.17) is 5.73 Å². The van der Waals surface area contributed by atoms with Gasteiger partial charge in [-0.3, -0.25) is 5.10 Å². The third kappa shape index (κ3) is 3.59. The minimum Gasteiger partial charge on any atom is -0.367 e. The molecule has 7 heteroatoms. The van der Waals surface area contributed by atoms with E-state index in [1.165, 1.54) is 19.3 Å². The van der Waals surface area contributed by atoms with Crippen LogP contribution in [0.1, 0.15) is 44.9 Å². The van der Waals surface area contributed by atoms with Crippen molar-refractivity contribution in [3.63, 3.8) is 0 Å². The van der Waals surface area contributed by atoms with Crippen LogP contribution in [0.5, 0.6) is 0 Å². The summed E-state index contributed by atoms with van der Waals surface area (Å²) >= 11 is 0. The van der Waals surface area contributed by atoms with E-state index in [0.717, 1.165) is 19.4 Å². The molecule has 1 fully saturated rings. The number of nitrogens with one attached hydrogen (secondary N) is 2. The van der Waals surface area contributed by atoms with E-state index in [1.54, 1.807) is 0 Å². The van der Waals surface area contributed by atoms with E-state index in [2.05, 4.69) is 20.5 Å². The Bertz CT molecular complexity index is 412. The molecule has 1 aromatic rings. The van der Waals surface area contributed by atoms with Crippen LogP contribution < -0.4 is 11.1 Å². The van der Waals surface area contributed by atoms with Gasteiger partial charge in [0.05, 0.1) is 6.54 Å². The number of hydrogen-bond acceptors (Lipinski definition) is 4. The first-order valence-corrected chi connectivity index (χ1v) is 6.92. The van der Waals surface area contributed by atoms with E-state index in [9.17, 15) is 4.79 Å². The fraction of sp³-hybridized carbons (Fsp3) is 0.750. The highest BCUT2D eigenvalue weighted by Crippen LogP contribution is 2.22. The van der Waals surface area contributed by atoms with Gasteiger partial charge < -0.3 is 16.0 Å². The van der Waals surface area contributed by atoms with Crippen LogP contribution in [0.15, 0.2) is 0 Å². The lowest BCUT2D eigenvalue weighted by molar-refractivity contribution is 0.159. The SMILES string of the molecule is CCN(C(=O)NCc1nc(N)n[nH]1)C1CCCCC1. The minimum atomic E-state index is -0.0376. The summed E-state index contributed by atoms with van der Waals surface area (Å²) in [5.41, 5.74) is 5.41. The first-order valence-electron chi connectivity index (χ1n) is 6.92. The Morgan fingerprint density at radius 2 is 2.21 bits per heavy atom. The average Bonchev–Trinajstić information content (AvgIpc) is 2.84. The van der Waals surface area contributed by atoms with Crippen LogP contribution in [0.4, 0.5) is 10.7 Å². The van der Waals surface area contributed by atoms with Gasteiger partial charge in [0.15, 0.2) is 0 Å². The zero-order valence-electron chi connectivity index (χ0n) is 11.4. The highest BCUT2D eigenvalue weighted by atomic mass is 16.2. The van der Waals surface area contributed by atoms with Gasteiger partial charge in [0, 0.05) is 12.6 Å². The number of carbonyl (C=O) groups excluding carboxylic acids is 1. The smallest absolute Gasteiger partial charge is 0.318 e. The number of nitrogens with zero attached hydrogens (tertiary/aromatic N) is 3. The summed E-state index contributed by atoms with van der Waals surface area (Å²) in [6, 6.07) is 0.336. The van der Waals surface area contributed by atoms with Crippen molar-refractivity contribution in [2.24, 2.45) is 0 Å². The third-order valence-electron chi connectivity index (χ3n) is 3.57. The molecule has 7 nitrogen and oxygen atoms in total. The molecule has 0 radical (unpaired) electrons. The number of urea groups is 1. The molecule has 4 N–H and O–H groups in total. The molecule has 0 aliphatic heterocycles. The van der Waals surface area contributed by atoms with E-state index in [-0.39, 0.29) is 12.0 Å². The van der Waals surface area contributed by atoms with Crippen LogP contribution in [0.2, 0.25) is 0 Å². The van der Waals surface area contributed by atoms with Crippen LogP contribution in [0.3, 0.4) is 0 Å². The summed E-state index contributed by atoms with van der Waals surface area (Å²) in [7, 11) is 0. The number of aromatic nitrogens is 3. The Kier molecular flexibility index (Phi) is 4.59. The summed E-state index contributed by atoms with van der Waals surface area (Å²) < 4.78 is 0. The molecule has 106 valence electrons. The third-order valence-corrected chi connectivity index (χ3v) is 3.57. The Hall–Kier alpha value is -1.79. The van der Waals surface area contributed by atoms with E-state index in [1.807, 2.05) is 11.8 Å². The van der Waals surface area contributed by atoms with Crippen molar-refractivity contribution < 1.29 is 4.79 Å². The lowest BCUT2D eigenvalue weighted by atomic mass is 9.94. The van der Waals surface area contributed by atoms with Crippen molar-refractivity contribution in [1.29, 1.82) is 0 Å². The molecule has 1 aromatic heterocycles. The molecule has 1 aliphatic rings. The highest BCUT2D eigenvalue weighted by Gasteiger charge is 2.23. The molecule has 0 spiro atoms. The van der Waals surface area contributed by atoms with Gasteiger partial charge in [-0.25, -0.2) is 4.79 Å². The van der Waals surface area contributed by atoms with Gasteiger partial charge in [-0.05, 0) is 19.8 Å². The fourth-order valence-corrected chi connectivity index (χ4v) is 2.61. The minimum absolute atomic E-state index is 0.0376. The first-order chi connectivity index (χ1) is 9.20. The van der Waals surface area contributed by atoms with Crippen LogP contribution in [-0.4, -0.2) is 38.7 Å². The molecule has 0 atom stereocenters. The molecule has 19 heavy (non-hydrogen) atoms. The molecule has 0 unspecified atom stereocenters. The molecular formula is C12H22N6O. The Labute approximate surface area is 113 Å². The second-order valence-electron chi connectivity index (χ2n) is 4.88. The summed E-state index contributed by atoms with van der Waals surface area (Å²) in [6.07, 6.45) is 5.93. The largest absolute Gasteiger partial charge is 0.367 e. The maximum Gasteiger partial charge on any atom is 0.318 e. The maximum atomic E-state index is 12.2. The number of nitrogen functional groups attached to an aromatic ring is 1. The number of carbonyl (C=O) groups is 1. The lowest BCUT2D eigenvalue weighted by Crippen LogP contribution is -2.46. The molecule has 1 heterocycles. The van der Waals surface area contributed by atoms with Crippen LogP contribution in [0.25, 0.3) is 0 Å². The average molecular weight is 266 g/mol. The molecule has 2 rings (SSSR count). The maximum absolute atomic E-state index is 12.2. The Morgan fingerprint density at radius 3 is 2.79 bits per heavy atom. The topological polar surface area (TPSA) is 99.9 Å². The van der Waals surface area contributed by atoms with Crippen LogP contribution >= 0.6 is 0 Å². The number of anilines is 1. The first kappa shape index (κ1) is 13.6. The number of nitrogens with two attached hydrogens (primary N) is 1. The Balaban J connectivity index is 1.85. The van der Waals surface area contributed by atoms with Crippen molar-refractivity contribution in [3.8, 4) is 0 Å². The van der Waals surface area contributed by atoms with E-state index >= 15 is 0 Å². The monoisotopic (exact) mass is 266 g/mol. The predicted molar refractivity (Wildman–Crippen MR) is 72.3 cm³/mol. The number of hydrogen-bond donors (Lipinski definition) is 3. The highest BCUT2D eigenvalue weighted by molar-refractivity contribution is 5.74. The normalized spacial score (nSPS) is 16.3. The van der Waals surface area contributed by atoms with Crippen molar-refractivity contribution in [3.05, 3.63) is 5.82 Å². The molecular weight excluding hydrogens is 244 g/mol. The number of amides is 2. The summed E-state index contributed by atoms with van der Waals surface area (Å²) in [5.74, 6) is 0.773. The van der Waals surface area contributed by atoms with Crippen molar-refractivity contribution in [1.82, 2.24) is 25.4 Å². The second kappa shape index (κ2) is 6.40. The summed E-state index contributed by atoms with van der Waals surface area (Å²) in [6.45, 7) is 3.07. The molecule has 2 amide bonds. The van der Waals surface area contributed by atoms with Gasteiger partial charge in [-0.15, -0.1) is 5.10 Å². The van der Waals surface area contributed by atoms with E-state index in [0.29, 0.717) is 18.4 Å². The standard InChI is InChI=1S/C12H22N6O/c1-2-18(9-6-4-3-5-7-9)12(19)14-8-10-15-11(13)17-16-10/h9H,2-8H2,1H3,(H,14,19)(H3,13,15,16,17). The molecule has 0 aromatic carbocycles. The molecule has 1 saturated carbocycles. The number of rotatable bonds is 4. The summed E-state index contributed by atoms with van der Waals surface area (Å²) in [5, 5.41) is 9.26. The van der Waals surface area contributed by atoms with Gasteiger partial charge in [-0.1, -0.05) is 19.3 Å². The van der Waals surface area contributed by atoms with Crippen LogP contribution in [-0.2, 0) is 6.54 Å². The van der Waals surface area contributed by atoms with Crippen molar-refractivity contribution in [2.45, 2.75) is 51.6 Å². The fourth-order valence-electron chi connectivity index (χ4n) is 2.61. The van der Waals surface area contributed by atoms with Gasteiger partial charge in [0.2, 0.25) is 5.95 Å². The van der Waals surface area contributed by atoms with Crippen LogP contribution in [0, 0.1) is 0 Å². The zero-order chi connectivity index (χ0) is 13.7. The molecule has 0 bridgehead atoms. The van der Waals surface area contributed by atoms with Gasteiger partial charge in [0.1, 0.15) is 5.82 Å². The van der Waals surface area contributed by atoms with Gasteiger partial charge in [0.25, 0.3) is 0 Å². The quantitative estimate of drug-likeness (QED) is 0.763. The predicted octanol–water partition coefficient (Wildman–Crippen LogP) is 1.25. The molecule has 0 saturated heterocycles.